The van der Waals surface area contributed by atoms with E-state index < -0.39 is 11.7 Å². The fourth-order valence-electron chi connectivity index (χ4n) is 3.65. The number of carbonyl (C=O) groups excluding carboxylic acids is 1. The molecule has 156 valence electrons. The van der Waals surface area contributed by atoms with Gasteiger partial charge in [-0.3, -0.25) is 0 Å². The second-order valence-corrected chi connectivity index (χ2v) is 7.33. The van der Waals surface area contributed by atoms with E-state index >= 15 is 0 Å². The molecule has 0 radical (unpaired) electrons. The Morgan fingerprint density at radius 2 is 1.52 bits per heavy atom. The zero-order valence-electron chi connectivity index (χ0n) is 16.2. The predicted octanol–water partition coefficient (Wildman–Crippen LogP) is 0.811. The van der Waals surface area contributed by atoms with Crippen LogP contribution in [0.3, 0.4) is 0 Å². The number of nitrogens with one attached hydrogen (secondary N) is 4. The van der Waals surface area contributed by atoms with Gasteiger partial charge >= 0.3 is 12.2 Å². The average Bonchev–Trinajstić information content (AvgIpc) is 2.70. The molecule has 8 heteroatoms. The molecule has 2 aromatic carbocycles. The lowest BCUT2D eigenvalue weighted by Crippen LogP contribution is -3.27. The number of benzene rings is 2. The number of anilines is 1. The second kappa shape index (κ2) is 9.76. The summed E-state index contributed by atoms with van der Waals surface area (Å²) in [7, 11) is 0. The summed E-state index contributed by atoms with van der Waals surface area (Å²) < 4.78 is 39.5. The third kappa shape index (κ3) is 6.47. The third-order valence-corrected chi connectivity index (χ3v) is 5.22. The molecule has 1 aliphatic rings. The van der Waals surface area contributed by atoms with Crippen molar-refractivity contribution in [3.8, 4) is 0 Å². The number of quaternary nitrogens is 2. The summed E-state index contributed by atoms with van der Waals surface area (Å²) >= 11 is 0. The zero-order chi connectivity index (χ0) is 20.7. The second-order valence-electron chi connectivity index (χ2n) is 7.33. The lowest BCUT2D eigenvalue weighted by Gasteiger charge is -2.30. The van der Waals surface area contributed by atoms with E-state index in [0.717, 1.165) is 44.5 Å². The highest BCUT2D eigenvalue weighted by molar-refractivity contribution is 5.89. The fourth-order valence-corrected chi connectivity index (χ4v) is 3.65. The monoisotopic (exact) mass is 408 g/mol. The predicted molar refractivity (Wildman–Crippen MR) is 105 cm³/mol. The van der Waals surface area contributed by atoms with Crippen molar-refractivity contribution in [1.29, 1.82) is 0 Å². The minimum Gasteiger partial charge on any atom is -0.332 e. The number of urea groups is 1. The van der Waals surface area contributed by atoms with E-state index in [2.05, 4.69) is 10.6 Å². The van der Waals surface area contributed by atoms with Crippen LogP contribution in [0.15, 0.2) is 54.6 Å². The first-order chi connectivity index (χ1) is 13.9. The van der Waals surface area contributed by atoms with Gasteiger partial charge in [0.25, 0.3) is 0 Å². The molecular formula is C21H27F3N4O+2. The number of hydrogen-bond donors (Lipinski definition) is 4. The first-order valence-electron chi connectivity index (χ1n) is 9.84. The highest BCUT2D eigenvalue weighted by Gasteiger charge is 2.34. The number of hydrogen-bond acceptors (Lipinski definition) is 1. The molecule has 2 amide bonds. The van der Waals surface area contributed by atoms with Crippen molar-refractivity contribution >= 4 is 11.7 Å². The summed E-state index contributed by atoms with van der Waals surface area (Å²) in [6.07, 6.45) is -4.31. The Hall–Kier alpha value is -2.58. The van der Waals surface area contributed by atoms with Crippen LogP contribution in [0.1, 0.15) is 11.1 Å². The van der Waals surface area contributed by atoms with Crippen molar-refractivity contribution in [3.63, 3.8) is 0 Å². The van der Waals surface area contributed by atoms with Crippen molar-refractivity contribution in [2.24, 2.45) is 0 Å². The van der Waals surface area contributed by atoms with Gasteiger partial charge in [0, 0.05) is 11.3 Å². The fraction of sp³-hybridized carbons (Fsp3) is 0.381. The molecule has 4 N–H and O–H groups in total. The van der Waals surface area contributed by atoms with Crippen LogP contribution in [0.25, 0.3) is 0 Å². The SMILES string of the molecule is O=C(NCC[NH+]1CC[NH+](Cc2ccccc2C(F)(F)F)CC1)Nc1ccccc1. The van der Waals surface area contributed by atoms with Crippen molar-refractivity contribution in [1.82, 2.24) is 5.32 Å². The van der Waals surface area contributed by atoms with Crippen molar-refractivity contribution in [3.05, 3.63) is 65.7 Å². The van der Waals surface area contributed by atoms with Crippen molar-refractivity contribution < 1.29 is 27.8 Å². The van der Waals surface area contributed by atoms with Gasteiger partial charge in [-0.1, -0.05) is 36.4 Å². The number of rotatable bonds is 6. The Bertz CT molecular complexity index is 790. The summed E-state index contributed by atoms with van der Waals surface area (Å²) in [6.45, 7) is 5.14. The third-order valence-electron chi connectivity index (χ3n) is 5.22. The number of carbonyl (C=O) groups is 1. The minimum absolute atomic E-state index is 0.233. The molecule has 1 fully saturated rings. The van der Waals surface area contributed by atoms with E-state index in [9.17, 15) is 18.0 Å². The van der Waals surface area contributed by atoms with Gasteiger partial charge < -0.3 is 20.4 Å². The van der Waals surface area contributed by atoms with Gasteiger partial charge in [-0.2, -0.15) is 13.2 Å². The number of piperazine rings is 1. The van der Waals surface area contributed by atoms with Crippen LogP contribution in [-0.2, 0) is 12.7 Å². The van der Waals surface area contributed by atoms with Crippen LogP contribution in [0.4, 0.5) is 23.7 Å². The molecule has 0 saturated carbocycles. The van der Waals surface area contributed by atoms with E-state index in [1.807, 2.05) is 30.3 Å². The maximum Gasteiger partial charge on any atom is 0.416 e. The number of halogens is 3. The number of alkyl halides is 3. The van der Waals surface area contributed by atoms with Gasteiger partial charge in [0.05, 0.1) is 18.7 Å². The molecule has 0 aliphatic carbocycles. The molecule has 0 spiro atoms. The Kier molecular flexibility index (Phi) is 7.11. The Morgan fingerprint density at radius 3 is 2.21 bits per heavy atom. The van der Waals surface area contributed by atoms with Gasteiger partial charge in [0.1, 0.15) is 32.7 Å². The first kappa shape index (κ1) is 21.1. The Labute approximate surface area is 168 Å². The van der Waals surface area contributed by atoms with Crippen molar-refractivity contribution in [2.45, 2.75) is 12.7 Å². The highest BCUT2D eigenvalue weighted by Crippen LogP contribution is 2.31. The zero-order valence-corrected chi connectivity index (χ0v) is 16.2. The molecule has 3 rings (SSSR count). The minimum atomic E-state index is -4.31. The van der Waals surface area contributed by atoms with Gasteiger partial charge in [0.15, 0.2) is 0 Å². The summed E-state index contributed by atoms with van der Waals surface area (Å²) in [4.78, 5) is 14.4. The van der Waals surface area contributed by atoms with E-state index in [4.69, 9.17) is 0 Å². The number of amides is 2. The lowest BCUT2D eigenvalue weighted by atomic mass is 10.1. The smallest absolute Gasteiger partial charge is 0.332 e. The van der Waals surface area contributed by atoms with E-state index in [1.54, 1.807) is 12.1 Å². The van der Waals surface area contributed by atoms with E-state index in [1.165, 1.54) is 15.9 Å². The standard InChI is InChI=1S/C21H25F3N4O/c22-21(23,24)19-9-5-4-6-17(19)16-28-14-12-27(13-15-28)11-10-25-20(29)26-18-7-2-1-3-8-18/h1-9H,10-16H2,(H2,25,26,29)/p+2. The van der Waals surface area contributed by atoms with Crippen LogP contribution in [0, 0.1) is 0 Å². The molecular weight excluding hydrogens is 381 g/mol. The van der Waals surface area contributed by atoms with Gasteiger partial charge in [-0.05, 0) is 18.2 Å². The Morgan fingerprint density at radius 1 is 0.897 bits per heavy atom. The van der Waals surface area contributed by atoms with Gasteiger partial charge in [-0.15, -0.1) is 0 Å². The van der Waals surface area contributed by atoms with Crippen LogP contribution in [0.2, 0.25) is 0 Å². The molecule has 0 bridgehead atoms. The molecule has 1 heterocycles. The number of para-hydroxylation sites is 1. The van der Waals surface area contributed by atoms with Crippen LogP contribution < -0.4 is 20.4 Å². The van der Waals surface area contributed by atoms with Gasteiger partial charge in [-0.25, -0.2) is 4.79 Å². The highest BCUT2D eigenvalue weighted by atomic mass is 19.4. The molecule has 1 aliphatic heterocycles. The largest absolute Gasteiger partial charge is 0.416 e. The molecule has 5 nitrogen and oxygen atoms in total. The van der Waals surface area contributed by atoms with Crippen molar-refractivity contribution in [2.75, 3.05) is 44.6 Å². The molecule has 1 saturated heterocycles. The molecule has 0 aromatic heterocycles. The van der Waals surface area contributed by atoms with Gasteiger partial charge in [0.2, 0.25) is 0 Å². The van der Waals surface area contributed by atoms with E-state index in [0.29, 0.717) is 18.7 Å². The summed E-state index contributed by atoms with van der Waals surface area (Å²) in [5.41, 5.74) is 0.572. The molecule has 2 aromatic rings. The first-order valence-corrected chi connectivity index (χ1v) is 9.84. The Balaban J connectivity index is 1.38. The van der Waals surface area contributed by atoms with Crippen LogP contribution in [0.5, 0.6) is 0 Å². The van der Waals surface area contributed by atoms with Crippen LogP contribution in [-0.4, -0.2) is 45.3 Å². The summed E-state index contributed by atoms with van der Waals surface area (Å²) in [5.74, 6) is 0. The molecule has 0 unspecified atom stereocenters. The lowest BCUT2D eigenvalue weighted by molar-refractivity contribution is -1.02. The molecule has 0 atom stereocenters. The maximum absolute atomic E-state index is 13.2. The van der Waals surface area contributed by atoms with E-state index in [-0.39, 0.29) is 6.03 Å². The molecule has 29 heavy (non-hydrogen) atoms. The van der Waals surface area contributed by atoms with Crippen LogP contribution >= 0.6 is 0 Å². The quantitative estimate of drug-likeness (QED) is 0.562. The summed E-state index contributed by atoms with van der Waals surface area (Å²) in [6, 6.07) is 14.8. The normalized spacial score (nSPS) is 19.6. The maximum atomic E-state index is 13.2. The average molecular weight is 408 g/mol. The topological polar surface area (TPSA) is 50.0 Å². The summed E-state index contributed by atoms with van der Waals surface area (Å²) in [5, 5.41) is 5.63.